The Labute approximate surface area is 100 Å². The lowest BCUT2D eigenvalue weighted by atomic mass is 10.2. The van der Waals surface area contributed by atoms with Gasteiger partial charge < -0.3 is 15.2 Å². The zero-order valence-electron chi connectivity index (χ0n) is 10.1. The van der Waals surface area contributed by atoms with Crippen LogP contribution in [0.15, 0.2) is 24.3 Å². The van der Waals surface area contributed by atoms with Crippen molar-refractivity contribution in [1.29, 1.82) is 0 Å². The van der Waals surface area contributed by atoms with E-state index in [-0.39, 0.29) is 6.10 Å². The molecule has 0 unspecified atom stereocenters. The topological polar surface area (TPSA) is 75.6 Å². The summed E-state index contributed by atoms with van der Waals surface area (Å²) >= 11 is 0. The number of amides is 1. The third-order valence-electron chi connectivity index (χ3n) is 1.62. The van der Waals surface area contributed by atoms with Gasteiger partial charge in [-0.15, -0.1) is 0 Å². The van der Waals surface area contributed by atoms with Gasteiger partial charge in [-0.25, -0.2) is 4.79 Å². The molecular weight excluding hydrogens is 222 g/mol. The van der Waals surface area contributed by atoms with Crippen molar-refractivity contribution in [3.63, 3.8) is 0 Å². The lowest BCUT2D eigenvalue weighted by Crippen LogP contribution is -2.13. The number of carbonyl (C=O) groups excluding carboxylic acids is 1. The third-order valence-corrected chi connectivity index (χ3v) is 1.62. The largest absolute Gasteiger partial charge is 0.490 e. The molecule has 0 aliphatic rings. The Morgan fingerprint density at radius 2 is 1.94 bits per heavy atom. The number of benzene rings is 1. The van der Waals surface area contributed by atoms with Gasteiger partial charge in [-0.3, -0.25) is 4.79 Å². The maximum Gasteiger partial charge on any atom is 0.404 e. The summed E-state index contributed by atoms with van der Waals surface area (Å²) in [6, 6.07) is 7.20. The molecule has 0 aliphatic heterocycles. The van der Waals surface area contributed by atoms with E-state index in [1.54, 1.807) is 12.1 Å². The van der Waals surface area contributed by atoms with Gasteiger partial charge >= 0.3 is 6.09 Å². The van der Waals surface area contributed by atoms with Crippen LogP contribution in [0.25, 0.3) is 0 Å². The number of para-hydroxylation sites is 1. The van der Waals surface area contributed by atoms with Crippen LogP contribution in [0, 0.1) is 0 Å². The Balaban J connectivity index is 0.000000437. The normalized spacial score (nSPS) is 8.94. The molecule has 0 saturated heterocycles. The number of carbonyl (C=O) groups is 2. The van der Waals surface area contributed by atoms with Gasteiger partial charge in [0.2, 0.25) is 0 Å². The molecule has 0 aromatic heterocycles. The van der Waals surface area contributed by atoms with E-state index in [0.29, 0.717) is 11.3 Å². The summed E-state index contributed by atoms with van der Waals surface area (Å²) in [6.45, 7) is 3.86. The summed E-state index contributed by atoms with van der Waals surface area (Å²) < 4.78 is 5.40. The fourth-order valence-electron chi connectivity index (χ4n) is 0.939. The summed E-state index contributed by atoms with van der Waals surface area (Å²) in [5, 5.41) is 9.56. The molecule has 5 nitrogen and oxygen atoms in total. The molecule has 0 saturated carbocycles. The van der Waals surface area contributed by atoms with Crippen LogP contribution in [0.4, 0.5) is 4.79 Å². The minimum absolute atomic E-state index is 0.103. The molecule has 1 aromatic carbocycles. The molecular formula is C12H17NO4. The van der Waals surface area contributed by atoms with Crippen molar-refractivity contribution in [2.75, 3.05) is 7.05 Å². The molecule has 0 spiro atoms. The van der Waals surface area contributed by atoms with Crippen molar-refractivity contribution in [3.05, 3.63) is 29.8 Å². The highest BCUT2D eigenvalue weighted by molar-refractivity contribution is 5.79. The first kappa shape index (κ1) is 15.0. The van der Waals surface area contributed by atoms with E-state index in [1.807, 2.05) is 31.3 Å². The van der Waals surface area contributed by atoms with E-state index in [2.05, 4.69) is 0 Å². The average molecular weight is 239 g/mol. The smallest absolute Gasteiger partial charge is 0.404 e. The minimum Gasteiger partial charge on any atom is -0.490 e. The predicted molar refractivity (Wildman–Crippen MR) is 64.7 cm³/mol. The van der Waals surface area contributed by atoms with Crippen molar-refractivity contribution in [3.8, 4) is 5.75 Å². The van der Waals surface area contributed by atoms with Crippen molar-refractivity contribution < 1.29 is 19.4 Å². The van der Waals surface area contributed by atoms with Gasteiger partial charge in [0, 0.05) is 7.05 Å². The van der Waals surface area contributed by atoms with E-state index < -0.39 is 6.09 Å². The van der Waals surface area contributed by atoms with Gasteiger partial charge in [-0.1, -0.05) is 12.1 Å². The summed E-state index contributed by atoms with van der Waals surface area (Å²) in [5.74, 6) is 0.655. The van der Waals surface area contributed by atoms with Crippen molar-refractivity contribution in [1.82, 2.24) is 5.32 Å². The van der Waals surface area contributed by atoms with Crippen LogP contribution in [0.1, 0.15) is 24.2 Å². The number of rotatable bonds is 3. The van der Waals surface area contributed by atoms with Crippen LogP contribution >= 0.6 is 0 Å². The molecule has 5 heteroatoms. The van der Waals surface area contributed by atoms with Gasteiger partial charge in [-0.2, -0.15) is 0 Å². The van der Waals surface area contributed by atoms with E-state index in [9.17, 15) is 9.59 Å². The highest BCUT2D eigenvalue weighted by atomic mass is 16.5. The zero-order chi connectivity index (χ0) is 13.3. The first-order valence-electron chi connectivity index (χ1n) is 5.12. The molecule has 17 heavy (non-hydrogen) atoms. The van der Waals surface area contributed by atoms with Gasteiger partial charge in [0.25, 0.3) is 0 Å². The number of aldehydes is 1. The van der Waals surface area contributed by atoms with Crippen LogP contribution in [-0.2, 0) is 0 Å². The molecule has 0 heterocycles. The van der Waals surface area contributed by atoms with Gasteiger partial charge in [0.15, 0.2) is 6.29 Å². The molecule has 0 aliphatic carbocycles. The molecule has 0 radical (unpaired) electrons. The van der Waals surface area contributed by atoms with Crippen molar-refractivity contribution in [2.45, 2.75) is 20.0 Å². The second kappa shape index (κ2) is 8.15. The molecule has 0 fully saturated rings. The number of carboxylic acid groups (broad SMARTS) is 1. The Morgan fingerprint density at radius 1 is 1.41 bits per heavy atom. The Hall–Kier alpha value is -2.04. The fourth-order valence-corrected chi connectivity index (χ4v) is 0.939. The summed E-state index contributed by atoms with van der Waals surface area (Å²) in [6.07, 6.45) is -0.0892. The van der Waals surface area contributed by atoms with Crippen molar-refractivity contribution >= 4 is 12.4 Å². The Morgan fingerprint density at radius 3 is 2.35 bits per heavy atom. The number of ether oxygens (including phenoxy) is 1. The molecule has 1 rings (SSSR count). The maximum absolute atomic E-state index is 10.5. The predicted octanol–water partition coefficient (Wildman–Crippen LogP) is 2.17. The second-order valence-corrected chi connectivity index (χ2v) is 3.38. The Kier molecular flexibility index (Phi) is 7.17. The van der Waals surface area contributed by atoms with Crippen LogP contribution in [-0.4, -0.2) is 30.6 Å². The summed E-state index contributed by atoms with van der Waals surface area (Å²) in [4.78, 5) is 19.8. The van der Waals surface area contributed by atoms with Gasteiger partial charge in [-0.05, 0) is 26.0 Å². The molecule has 1 amide bonds. The number of hydrogen-bond donors (Lipinski definition) is 2. The molecule has 0 atom stereocenters. The zero-order valence-corrected chi connectivity index (χ0v) is 10.1. The van der Waals surface area contributed by atoms with E-state index in [1.165, 1.54) is 7.05 Å². The quantitative estimate of drug-likeness (QED) is 0.792. The summed E-state index contributed by atoms with van der Waals surface area (Å²) in [7, 11) is 1.35. The third kappa shape index (κ3) is 6.94. The highest BCUT2D eigenvalue weighted by Crippen LogP contribution is 2.16. The van der Waals surface area contributed by atoms with Crippen LogP contribution in [0.2, 0.25) is 0 Å². The van der Waals surface area contributed by atoms with Crippen LogP contribution < -0.4 is 10.1 Å². The van der Waals surface area contributed by atoms with Crippen LogP contribution in [0.3, 0.4) is 0 Å². The lowest BCUT2D eigenvalue weighted by molar-refractivity contribution is 0.111. The van der Waals surface area contributed by atoms with E-state index in [4.69, 9.17) is 9.84 Å². The summed E-state index contributed by atoms with van der Waals surface area (Å²) in [5.41, 5.74) is 0.603. The monoisotopic (exact) mass is 239 g/mol. The van der Waals surface area contributed by atoms with Gasteiger partial charge in [0.1, 0.15) is 5.75 Å². The Bertz CT molecular complexity index is 363. The number of hydrogen-bond acceptors (Lipinski definition) is 3. The molecule has 94 valence electrons. The lowest BCUT2D eigenvalue weighted by Gasteiger charge is -2.10. The van der Waals surface area contributed by atoms with E-state index in [0.717, 1.165) is 6.29 Å². The molecule has 2 N–H and O–H groups in total. The standard InChI is InChI=1S/C10H12O2.C2H5NO2/c1-8(2)12-10-6-4-3-5-9(10)7-11;1-3-2(4)5/h3-8H,1-2H3;3H,1H3,(H,4,5). The first-order chi connectivity index (χ1) is 8.01. The number of nitrogens with one attached hydrogen (secondary N) is 1. The first-order valence-corrected chi connectivity index (χ1v) is 5.12. The van der Waals surface area contributed by atoms with Gasteiger partial charge in [0.05, 0.1) is 11.7 Å². The van der Waals surface area contributed by atoms with Crippen molar-refractivity contribution in [2.24, 2.45) is 0 Å². The highest BCUT2D eigenvalue weighted by Gasteiger charge is 2.02. The molecule has 0 bridgehead atoms. The van der Waals surface area contributed by atoms with E-state index >= 15 is 0 Å². The minimum atomic E-state index is -0.995. The fraction of sp³-hybridized carbons (Fsp3) is 0.333. The second-order valence-electron chi connectivity index (χ2n) is 3.38. The maximum atomic E-state index is 10.5. The SMILES string of the molecule is CC(C)Oc1ccccc1C=O.CNC(=O)O. The average Bonchev–Trinajstić information content (AvgIpc) is 2.29. The van der Waals surface area contributed by atoms with Crippen LogP contribution in [0.5, 0.6) is 5.75 Å². The molecule has 1 aromatic rings.